The van der Waals surface area contributed by atoms with Gasteiger partial charge >= 0.3 is 0 Å². The van der Waals surface area contributed by atoms with Crippen LogP contribution in [-0.4, -0.2) is 61.4 Å². The largest absolute Gasteiger partial charge is 0.378 e. The van der Waals surface area contributed by atoms with Crippen molar-refractivity contribution < 1.29 is 17.5 Å². The zero-order valence-corrected chi connectivity index (χ0v) is 19.6. The van der Waals surface area contributed by atoms with Crippen molar-refractivity contribution in [2.24, 2.45) is 0 Å². The second-order valence-corrected chi connectivity index (χ2v) is 10.7. The van der Waals surface area contributed by atoms with Crippen LogP contribution in [0, 0.1) is 5.82 Å². The van der Waals surface area contributed by atoms with Crippen LogP contribution in [0.1, 0.15) is 31.7 Å². The minimum Gasteiger partial charge on any atom is -0.378 e. The van der Waals surface area contributed by atoms with Crippen molar-refractivity contribution in [2.75, 3.05) is 37.7 Å². The lowest BCUT2D eigenvalue weighted by atomic mass is 10.1. The zero-order valence-electron chi connectivity index (χ0n) is 18.8. The monoisotopic (exact) mass is 472 g/mol. The van der Waals surface area contributed by atoms with E-state index in [1.54, 1.807) is 28.6 Å². The van der Waals surface area contributed by atoms with Crippen LogP contribution in [0.2, 0.25) is 0 Å². The van der Waals surface area contributed by atoms with Gasteiger partial charge in [0.1, 0.15) is 5.82 Å². The molecule has 9 heteroatoms. The van der Waals surface area contributed by atoms with Crippen LogP contribution in [0.25, 0.3) is 10.9 Å². The molecule has 1 atom stereocenters. The molecule has 1 aromatic heterocycles. The highest BCUT2D eigenvalue weighted by atomic mass is 32.2. The number of sulfonamides is 1. The molecule has 0 bridgehead atoms. The van der Waals surface area contributed by atoms with Crippen molar-refractivity contribution in [2.45, 2.75) is 43.7 Å². The fourth-order valence-electron chi connectivity index (χ4n) is 4.76. The maximum atomic E-state index is 13.5. The smallest absolute Gasteiger partial charge is 0.243 e. The fraction of sp³-hybridized carbons (Fsp3) is 0.458. The second kappa shape index (κ2) is 9.04. The third-order valence-electron chi connectivity index (χ3n) is 6.61. The Bertz CT molecular complexity index is 1240. The first-order chi connectivity index (χ1) is 15.9. The lowest BCUT2D eigenvalue weighted by Gasteiger charge is -2.32. The van der Waals surface area contributed by atoms with Gasteiger partial charge in [0, 0.05) is 31.1 Å². The van der Waals surface area contributed by atoms with Crippen LogP contribution >= 0.6 is 0 Å². The Labute approximate surface area is 193 Å². The van der Waals surface area contributed by atoms with Gasteiger partial charge in [-0.25, -0.2) is 12.8 Å². The minimum atomic E-state index is -3.59. The Morgan fingerprint density at radius 2 is 1.82 bits per heavy atom. The normalized spacial score (nSPS) is 20.4. The molecule has 3 heterocycles. The van der Waals surface area contributed by atoms with E-state index in [4.69, 9.17) is 9.84 Å². The molecule has 0 N–H and O–H groups in total. The molecule has 2 fully saturated rings. The number of aromatic nitrogens is 2. The maximum Gasteiger partial charge on any atom is 0.243 e. The highest BCUT2D eigenvalue weighted by molar-refractivity contribution is 7.89. The molecule has 0 radical (unpaired) electrons. The van der Waals surface area contributed by atoms with Gasteiger partial charge in [0.05, 0.1) is 30.2 Å². The lowest BCUT2D eigenvalue weighted by molar-refractivity contribution is 0.122. The molecule has 3 aromatic rings. The van der Waals surface area contributed by atoms with Crippen molar-refractivity contribution in [1.82, 2.24) is 14.1 Å². The van der Waals surface area contributed by atoms with E-state index in [9.17, 15) is 12.8 Å². The molecule has 0 aliphatic carbocycles. The molecule has 0 amide bonds. The number of anilines is 1. The predicted octanol–water partition coefficient (Wildman–Crippen LogP) is 3.62. The molecule has 1 unspecified atom stereocenters. The SMILES string of the molecule is CC1CCCCN1S(=O)(=O)c1ccc2c(c1)c(N1CCOCC1)nn2Cc1ccc(F)cc1. The van der Waals surface area contributed by atoms with Gasteiger partial charge in [-0.3, -0.25) is 4.68 Å². The Balaban J connectivity index is 1.58. The molecule has 0 spiro atoms. The molecule has 33 heavy (non-hydrogen) atoms. The number of nitrogens with zero attached hydrogens (tertiary/aromatic N) is 4. The third-order valence-corrected chi connectivity index (χ3v) is 8.62. The van der Waals surface area contributed by atoms with Crippen molar-refractivity contribution in [3.8, 4) is 0 Å². The molecule has 2 aliphatic heterocycles. The van der Waals surface area contributed by atoms with Crippen LogP contribution in [0.3, 0.4) is 0 Å². The second-order valence-electron chi connectivity index (χ2n) is 8.85. The number of morpholine rings is 1. The summed E-state index contributed by atoms with van der Waals surface area (Å²) in [5.41, 5.74) is 1.78. The van der Waals surface area contributed by atoms with Crippen molar-refractivity contribution in [3.05, 3.63) is 53.8 Å². The average molecular weight is 473 g/mol. The van der Waals surface area contributed by atoms with Gasteiger partial charge in [0.2, 0.25) is 10.0 Å². The van der Waals surface area contributed by atoms with Crippen molar-refractivity contribution in [1.29, 1.82) is 0 Å². The number of rotatable bonds is 5. The van der Waals surface area contributed by atoms with Crippen molar-refractivity contribution in [3.63, 3.8) is 0 Å². The van der Waals surface area contributed by atoms with Gasteiger partial charge in [0.15, 0.2) is 5.82 Å². The number of benzene rings is 2. The van der Waals surface area contributed by atoms with Gasteiger partial charge in [0.25, 0.3) is 0 Å². The summed E-state index contributed by atoms with van der Waals surface area (Å²) in [4.78, 5) is 2.45. The average Bonchev–Trinajstić information content (AvgIpc) is 3.19. The van der Waals surface area contributed by atoms with E-state index < -0.39 is 10.0 Å². The number of fused-ring (bicyclic) bond motifs is 1. The van der Waals surface area contributed by atoms with Crippen LogP contribution in [0.15, 0.2) is 47.4 Å². The summed E-state index contributed by atoms with van der Waals surface area (Å²) in [6.45, 7) is 5.62. The topological polar surface area (TPSA) is 67.7 Å². The Kier molecular flexibility index (Phi) is 6.11. The van der Waals surface area contributed by atoms with E-state index in [2.05, 4.69) is 4.90 Å². The van der Waals surface area contributed by atoms with E-state index in [0.717, 1.165) is 41.5 Å². The molecule has 0 saturated carbocycles. The van der Waals surface area contributed by atoms with Crippen LogP contribution in [0.5, 0.6) is 0 Å². The van der Waals surface area contributed by atoms with E-state index >= 15 is 0 Å². The van der Waals surface area contributed by atoms with Gasteiger partial charge in [-0.1, -0.05) is 18.6 Å². The van der Waals surface area contributed by atoms with Gasteiger partial charge < -0.3 is 9.64 Å². The first-order valence-electron chi connectivity index (χ1n) is 11.5. The number of piperidine rings is 1. The first kappa shape index (κ1) is 22.3. The summed E-state index contributed by atoms with van der Waals surface area (Å²) in [6.07, 6.45) is 2.83. The summed E-state index contributed by atoms with van der Waals surface area (Å²) < 4.78 is 49.3. The van der Waals surface area contributed by atoms with Gasteiger partial charge in [-0.2, -0.15) is 9.40 Å². The third kappa shape index (κ3) is 4.37. The van der Waals surface area contributed by atoms with E-state index in [0.29, 0.717) is 44.3 Å². The van der Waals surface area contributed by atoms with Crippen LogP contribution in [0.4, 0.5) is 10.2 Å². The van der Waals surface area contributed by atoms with E-state index in [-0.39, 0.29) is 11.9 Å². The Morgan fingerprint density at radius 3 is 2.55 bits per heavy atom. The zero-order chi connectivity index (χ0) is 23.0. The number of hydrogen-bond donors (Lipinski definition) is 0. The van der Waals surface area contributed by atoms with E-state index in [1.165, 1.54) is 12.1 Å². The Hall–Kier alpha value is -2.49. The molecule has 2 aliphatic rings. The number of halogens is 1. The molecule has 2 saturated heterocycles. The number of hydrogen-bond acceptors (Lipinski definition) is 5. The highest BCUT2D eigenvalue weighted by Crippen LogP contribution is 2.32. The Morgan fingerprint density at radius 1 is 1.06 bits per heavy atom. The van der Waals surface area contributed by atoms with Gasteiger partial charge in [-0.05, 0) is 55.7 Å². The van der Waals surface area contributed by atoms with E-state index in [1.807, 2.05) is 17.7 Å². The van der Waals surface area contributed by atoms with Crippen LogP contribution < -0.4 is 4.90 Å². The van der Waals surface area contributed by atoms with Crippen LogP contribution in [-0.2, 0) is 21.3 Å². The minimum absolute atomic E-state index is 0.000593. The standard InChI is InChI=1S/C24H29FN4O3S/c1-18-4-2-3-11-29(18)33(30,31)21-9-10-23-22(16-21)24(27-12-14-32-15-13-27)26-28(23)17-19-5-7-20(25)8-6-19/h5-10,16,18H,2-4,11-15,17H2,1H3. The molecular formula is C24H29FN4O3S. The summed E-state index contributed by atoms with van der Waals surface area (Å²) in [7, 11) is -3.59. The van der Waals surface area contributed by atoms with Crippen molar-refractivity contribution >= 4 is 26.7 Å². The molecule has 5 rings (SSSR count). The summed E-state index contributed by atoms with van der Waals surface area (Å²) in [5.74, 6) is 0.485. The summed E-state index contributed by atoms with van der Waals surface area (Å²) in [6, 6.07) is 11.7. The molecular weight excluding hydrogens is 443 g/mol. The molecule has 7 nitrogen and oxygen atoms in total. The quantitative estimate of drug-likeness (QED) is 0.567. The summed E-state index contributed by atoms with van der Waals surface area (Å²) >= 11 is 0. The maximum absolute atomic E-state index is 13.5. The molecule has 2 aromatic carbocycles. The van der Waals surface area contributed by atoms with Gasteiger partial charge in [-0.15, -0.1) is 0 Å². The predicted molar refractivity (Wildman–Crippen MR) is 125 cm³/mol. The molecule has 176 valence electrons. The number of ether oxygens (including phenoxy) is 1. The fourth-order valence-corrected chi connectivity index (χ4v) is 6.48. The lowest BCUT2D eigenvalue weighted by Crippen LogP contribution is -2.41. The first-order valence-corrected chi connectivity index (χ1v) is 13.0. The highest BCUT2D eigenvalue weighted by Gasteiger charge is 2.32. The summed E-state index contributed by atoms with van der Waals surface area (Å²) in [5, 5.41) is 5.68.